The van der Waals surface area contributed by atoms with Gasteiger partial charge in [-0.3, -0.25) is 0 Å². The number of hydrogen-bond acceptors (Lipinski definition) is 2. The number of aromatic hydroxyl groups is 2. The van der Waals surface area contributed by atoms with Crippen molar-refractivity contribution in [2.75, 3.05) is 0 Å². The van der Waals surface area contributed by atoms with Crippen molar-refractivity contribution in [1.82, 2.24) is 0 Å². The van der Waals surface area contributed by atoms with Gasteiger partial charge in [0.1, 0.15) is 23.1 Å². The molecular formula is C18H12F2O2. The summed E-state index contributed by atoms with van der Waals surface area (Å²) in [6, 6.07) is 13.9. The second-order valence-corrected chi connectivity index (χ2v) is 4.87. The van der Waals surface area contributed by atoms with Crippen LogP contribution in [0.1, 0.15) is 0 Å². The summed E-state index contributed by atoms with van der Waals surface area (Å²) in [4.78, 5) is 0. The first-order valence-corrected chi connectivity index (χ1v) is 6.63. The molecular weight excluding hydrogens is 286 g/mol. The third-order valence-electron chi connectivity index (χ3n) is 3.43. The van der Waals surface area contributed by atoms with Gasteiger partial charge in [0.25, 0.3) is 0 Å². The zero-order valence-electron chi connectivity index (χ0n) is 11.4. The maximum absolute atomic E-state index is 13.1. The van der Waals surface area contributed by atoms with Crippen LogP contribution in [-0.2, 0) is 0 Å². The summed E-state index contributed by atoms with van der Waals surface area (Å²) in [7, 11) is 0. The smallest absolute Gasteiger partial charge is 0.124 e. The van der Waals surface area contributed by atoms with Crippen LogP contribution >= 0.6 is 0 Å². The second kappa shape index (κ2) is 5.48. The molecule has 0 unspecified atom stereocenters. The Bertz CT molecular complexity index is 739. The molecule has 0 amide bonds. The molecule has 22 heavy (non-hydrogen) atoms. The molecule has 0 radical (unpaired) electrons. The third kappa shape index (κ3) is 2.51. The number of phenolic OH excluding ortho intramolecular Hbond substituents is 2. The highest BCUT2D eigenvalue weighted by Crippen LogP contribution is 2.43. The normalized spacial score (nSPS) is 10.6. The van der Waals surface area contributed by atoms with Gasteiger partial charge in [-0.15, -0.1) is 0 Å². The SMILES string of the molecule is Oc1ccc(O)c(-c2ccc(F)cc2)c1-c1ccc(F)cc1. The molecule has 2 nitrogen and oxygen atoms in total. The molecule has 0 atom stereocenters. The van der Waals surface area contributed by atoms with E-state index in [4.69, 9.17) is 0 Å². The molecule has 0 aliphatic rings. The van der Waals surface area contributed by atoms with E-state index >= 15 is 0 Å². The van der Waals surface area contributed by atoms with Gasteiger partial charge in [0, 0.05) is 11.1 Å². The molecule has 110 valence electrons. The standard InChI is InChI=1S/C18H12F2O2/c19-13-5-1-11(2-6-13)17-15(21)9-10-16(22)18(17)12-3-7-14(20)8-4-12/h1-10,21-22H. The minimum atomic E-state index is -0.397. The summed E-state index contributed by atoms with van der Waals surface area (Å²) in [5.74, 6) is -0.897. The Kier molecular flexibility index (Phi) is 3.51. The van der Waals surface area contributed by atoms with Crippen LogP contribution in [0.2, 0.25) is 0 Å². The van der Waals surface area contributed by atoms with Crippen molar-refractivity contribution in [2.24, 2.45) is 0 Å². The molecule has 3 aromatic carbocycles. The van der Waals surface area contributed by atoms with Crippen LogP contribution in [0.25, 0.3) is 22.3 Å². The summed E-state index contributed by atoms with van der Waals surface area (Å²) in [5, 5.41) is 20.4. The van der Waals surface area contributed by atoms with E-state index in [0.717, 1.165) is 0 Å². The van der Waals surface area contributed by atoms with E-state index in [1.54, 1.807) is 0 Å². The average Bonchev–Trinajstić information content (AvgIpc) is 2.51. The van der Waals surface area contributed by atoms with Gasteiger partial charge in [0.05, 0.1) is 0 Å². The minimum Gasteiger partial charge on any atom is -0.507 e. The monoisotopic (exact) mass is 298 g/mol. The Hall–Kier alpha value is -2.88. The van der Waals surface area contributed by atoms with E-state index in [1.807, 2.05) is 0 Å². The van der Waals surface area contributed by atoms with E-state index in [9.17, 15) is 19.0 Å². The highest BCUT2D eigenvalue weighted by atomic mass is 19.1. The van der Waals surface area contributed by atoms with Crippen LogP contribution < -0.4 is 0 Å². The largest absolute Gasteiger partial charge is 0.507 e. The first kappa shape index (κ1) is 14.1. The quantitative estimate of drug-likeness (QED) is 0.673. The lowest BCUT2D eigenvalue weighted by atomic mass is 9.93. The van der Waals surface area contributed by atoms with Gasteiger partial charge < -0.3 is 10.2 Å². The van der Waals surface area contributed by atoms with Crippen LogP contribution in [0, 0.1) is 11.6 Å². The Morgan fingerprint density at radius 2 is 0.818 bits per heavy atom. The number of hydrogen-bond donors (Lipinski definition) is 2. The van der Waals surface area contributed by atoms with Crippen LogP contribution in [0.5, 0.6) is 11.5 Å². The number of rotatable bonds is 2. The molecule has 0 saturated heterocycles. The lowest BCUT2D eigenvalue weighted by Gasteiger charge is -2.14. The molecule has 3 rings (SSSR count). The van der Waals surface area contributed by atoms with Crippen molar-refractivity contribution >= 4 is 0 Å². The molecule has 0 fully saturated rings. The maximum atomic E-state index is 13.1. The molecule has 0 aliphatic carbocycles. The van der Waals surface area contributed by atoms with E-state index < -0.39 is 11.6 Å². The lowest BCUT2D eigenvalue weighted by Crippen LogP contribution is -1.88. The average molecular weight is 298 g/mol. The molecule has 0 spiro atoms. The fraction of sp³-hybridized carbons (Fsp3) is 0. The van der Waals surface area contributed by atoms with Gasteiger partial charge in [0.15, 0.2) is 0 Å². The Morgan fingerprint density at radius 1 is 0.500 bits per heavy atom. The summed E-state index contributed by atoms with van der Waals surface area (Å²) < 4.78 is 26.2. The van der Waals surface area contributed by atoms with Crippen LogP contribution in [0.15, 0.2) is 60.7 Å². The van der Waals surface area contributed by atoms with E-state index in [1.165, 1.54) is 60.7 Å². The van der Waals surface area contributed by atoms with Crippen molar-refractivity contribution in [1.29, 1.82) is 0 Å². The predicted molar refractivity (Wildman–Crippen MR) is 80.6 cm³/mol. The predicted octanol–water partition coefficient (Wildman–Crippen LogP) is 4.71. The molecule has 0 aliphatic heterocycles. The molecule has 0 heterocycles. The molecule has 0 bridgehead atoms. The molecule has 4 heteroatoms. The Labute approximate surface area is 125 Å². The minimum absolute atomic E-state index is 0.0521. The van der Waals surface area contributed by atoms with Crippen LogP contribution in [-0.4, -0.2) is 10.2 Å². The van der Waals surface area contributed by atoms with Crippen LogP contribution in [0.4, 0.5) is 8.78 Å². The maximum Gasteiger partial charge on any atom is 0.124 e. The number of benzene rings is 3. The van der Waals surface area contributed by atoms with Gasteiger partial charge in [0.2, 0.25) is 0 Å². The number of phenols is 2. The first-order chi connectivity index (χ1) is 10.6. The molecule has 3 aromatic rings. The highest BCUT2D eigenvalue weighted by molar-refractivity contribution is 5.90. The van der Waals surface area contributed by atoms with E-state index in [2.05, 4.69) is 0 Å². The van der Waals surface area contributed by atoms with Gasteiger partial charge in [-0.05, 0) is 47.5 Å². The number of halogens is 2. The van der Waals surface area contributed by atoms with Crippen molar-refractivity contribution in [2.45, 2.75) is 0 Å². The fourth-order valence-corrected chi connectivity index (χ4v) is 2.40. The molecule has 0 aromatic heterocycles. The summed E-state index contributed by atoms with van der Waals surface area (Å²) in [5.41, 5.74) is 1.83. The van der Waals surface area contributed by atoms with Gasteiger partial charge in [-0.1, -0.05) is 24.3 Å². The molecule has 0 saturated carbocycles. The zero-order valence-corrected chi connectivity index (χ0v) is 11.4. The Balaban J connectivity index is 2.27. The second-order valence-electron chi connectivity index (χ2n) is 4.87. The Morgan fingerprint density at radius 3 is 1.14 bits per heavy atom. The van der Waals surface area contributed by atoms with Gasteiger partial charge in [-0.25, -0.2) is 8.78 Å². The van der Waals surface area contributed by atoms with Gasteiger partial charge >= 0.3 is 0 Å². The highest BCUT2D eigenvalue weighted by Gasteiger charge is 2.16. The molecule has 2 N–H and O–H groups in total. The van der Waals surface area contributed by atoms with Crippen molar-refractivity contribution < 1.29 is 19.0 Å². The topological polar surface area (TPSA) is 40.5 Å². The first-order valence-electron chi connectivity index (χ1n) is 6.63. The zero-order chi connectivity index (χ0) is 15.7. The fourth-order valence-electron chi connectivity index (χ4n) is 2.40. The lowest BCUT2D eigenvalue weighted by molar-refractivity contribution is 0.463. The van der Waals surface area contributed by atoms with E-state index in [-0.39, 0.29) is 11.5 Å². The van der Waals surface area contributed by atoms with Crippen molar-refractivity contribution in [3.8, 4) is 33.8 Å². The van der Waals surface area contributed by atoms with Crippen LogP contribution in [0.3, 0.4) is 0 Å². The summed E-state index contributed by atoms with van der Waals surface area (Å²) in [6.07, 6.45) is 0. The third-order valence-corrected chi connectivity index (χ3v) is 3.43. The van der Waals surface area contributed by atoms with E-state index in [0.29, 0.717) is 22.3 Å². The summed E-state index contributed by atoms with van der Waals surface area (Å²) >= 11 is 0. The van der Waals surface area contributed by atoms with Crippen molar-refractivity contribution in [3.05, 3.63) is 72.3 Å². The summed E-state index contributed by atoms with van der Waals surface area (Å²) in [6.45, 7) is 0. The van der Waals surface area contributed by atoms with Gasteiger partial charge in [-0.2, -0.15) is 0 Å². The van der Waals surface area contributed by atoms with Crippen molar-refractivity contribution in [3.63, 3.8) is 0 Å².